The highest BCUT2D eigenvalue weighted by molar-refractivity contribution is 7.98. The maximum atomic E-state index is 12.0. The van der Waals surface area contributed by atoms with Crippen molar-refractivity contribution >= 4 is 28.6 Å². The molecule has 4 nitrogen and oxygen atoms in total. The molecule has 0 radical (unpaired) electrons. The highest BCUT2D eigenvalue weighted by Crippen LogP contribution is 2.18. The fraction of sp³-hybridized carbons (Fsp3) is 0.222. The molecule has 1 aromatic heterocycles. The first-order chi connectivity index (χ1) is 11.3. The van der Waals surface area contributed by atoms with Crippen molar-refractivity contribution in [2.45, 2.75) is 17.7 Å². The summed E-state index contributed by atoms with van der Waals surface area (Å²) in [5.74, 6) is -0.0372. The van der Waals surface area contributed by atoms with Gasteiger partial charge in [0.2, 0.25) is 5.91 Å². The molecule has 2 aromatic carbocycles. The number of hydrogen-bond donors (Lipinski definition) is 1. The van der Waals surface area contributed by atoms with Gasteiger partial charge in [-0.25, -0.2) is 0 Å². The number of hydrogen-bond acceptors (Lipinski definition) is 4. The van der Waals surface area contributed by atoms with Crippen LogP contribution in [0.1, 0.15) is 11.3 Å². The molecule has 1 amide bonds. The Morgan fingerprint density at radius 1 is 1.17 bits per heavy atom. The molecule has 0 atom stereocenters. The molecule has 0 aliphatic carbocycles. The lowest BCUT2D eigenvalue weighted by Gasteiger charge is -2.05. The van der Waals surface area contributed by atoms with E-state index in [4.69, 9.17) is 4.52 Å². The second-order valence-corrected chi connectivity index (χ2v) is 6.13. The largest absolute Gasteiger partial charge is 0.356 e. The zero-order valence-electron chi connectivity index (χ0n) is 12.9. The van der Waals surface area contributed by atoms with Gasteiger partial charge in [0.15, 0.2) is 5.58 Å². The van der Waals surface area contributed by atoms with Crippen molar-refractivity contribution < 1.29 is 9.32 Å². The van der Waals surface area contributed by atoms with E-state index in [1.165, 1.54) is 10.5 Å². The summed E-state index contributed by atoms with van der Waals surface area (Å²) in [5, 5.41) is 7.82. The van der Waals surface area contributed by atoms with Gasteiger partial charge in [0.25, 0.3) is 0 Å². The molecule has 0 saturated heterocycles. The summed E-state index contributed by atoms with van der Waals surface area (Å²) in [5.41, 5.74) is 2.61. The number of fused-ring (bicyclic) bond motifs is 1. The Bertz CT molecular complexity index is 796. The Kier molecular flexibility index (Phi) is 4.98. The van der Waals surface area contributed by atoms with Gasteiger partial charge < -0.3 is 9.84 Å². The van der Waals surface area contributed by atoms with Crippen LogP contribution in [-0.2, 0) is 17.6 Å². The van der Waals surface area contributed by atoms with Gasteiger partial charge in [-0.15, -0.1) is 11.8 Å². The first kappa shape index (κ1) is 15.6. The van der Waals surface area contributed by atoms with Crippen LogP contribution < -0.4 is 5.32 Å². The second-order valence-electron chi connectivity index (χ2n) is 5.25. The van der Waals surface area contributed by atoms with E-state index in [0.29, 0.717) is 17.8 Å². The molecule has 118 valence electrons. The van der Waals surface area contributed by atoms with Crippen LogP contribution in [0.15, 0.2) is 57.9 Å². The Morgan fingerprint density at radius 2 is 1.96 bits per heavy atom. The molecule has 0 unspecified atom stereocenters. The van der Waals surface area contributed by atoms with E-state index in [1.54, 1.807) is 11.8 Å². The van der Waals surface area contributed by atoms with Crippen LogP contribution in [-0.4, -0.2) is 23.9 Å². The lowest BCUT2D eigenvalue weighted by atomic mass is 10.1. The summed E-state index contributed by atoms with van der Waals surface area (Å²) in [6, 6.07) is 16.0. The predicted octanol–water partition coefficient (Wildman–Crippen LogP) is 3.45. The van der Waals surface area contributed by atoms with Crippen molar-refractivity contribution in [3.05, 3.63) is 59.8 Å². The number of nitrogens with zero attached hydrogens (tertiary/aromatic N) is 1. The molecule has 3 rings (SSSR count). The quantitative estimate of drug-likeness (QED) is 0.705. The summed E-state index contributed by atoms with van der Waals surface area (Å²) in [7, 11) is 0. The monoisotopic (exact) mass is 326 g/mol. The maximum absolute atomic E-state index is 12.0. The van der Waals surface area contributed by atoms with Crippen molar-refractivity contribution in [2.24, 2.45) is 0 Å². The Hall–Kier alpha value is -2.27. The van der Waals surface area contributed by atoms with Gasteiger partial charge in [0.05, 0.1) is 6.42 Å². The standard InChI is InChI=1S/C18H18N2O2S/c1-23-14-8-6-13(7-9-14)10-11-19-18(21)12-16-15-4-2-3-5-17(15)22-20-16/h2-9H,10-12H2,1H3,(H,19,21). The molecule has 0 bridgehead atoms. The number of nitrogens with one attached hydrogen (secondary N) is 1. The Labute approximate surface area is 139 Å². The molecule has 3 aromatic rings. The average Bonchev–Trinajstić information content (AvgIpc) is 2.99. The summed E-state index contributed by atoms with van der Waals surface area (Å²) in [6.07, 6.45) is 3.12. The normalized spacial score (nSPS) is 10.8. The first-order valence-corrected chi connectivity index (χ1v) is 8.71. The highest BCUT2D eigenvalue weighted by atomic mass is 32.2. The van der Waals surface area contributed by atoms with E-state index in [-0.39, 0.29) is 12.3 Å². The van der Waals surface area contributed by atoms with Gasteiger partial charge in [-0.05, 0) is 42.5 Å². The van der Waals surface area contributed by atoms with Crippen LogP contribution in [0.4, 0.5) is 0 Å². The number of amides is 1. The van der Waals surface area contributed by atoms with E-state index >= 15 is 0 Å². The van der Waals surface area contributed by atoms with E-state index < -0.39 is 0 Å². The number of aromatic nitrogens is 1. The van der Waals surface area contributed by atoms with Crippen LogP contribution >= 0.6 is 11.8 Å². The minimum absolute atomic E-state index is 0.0372. The van der Waals surface area contributed by atoms with Gasteiger partial charge in [0.1, 0.15) is 5.69 Å². The van der Waals surface area contributed by atoms with Crippen molar-refractivity contribution in [3.8, 4) is 0 Å². The number of thioether (sulfide) groups is 1. The number of rotatable bonds is 6. The topological polar surface area (TPSA) is 55.1 Å². The highest BCUT2D eigenvalue weighted by Gasteiger charge is 2.11. The molecule has 0 saturated carbocycles. The molecular weight excluding hydrogens is 308 g/mol. The third-order valence-corrected chi connectivity index (χ3v) is 4.42. The van der Waals surface area contributed by atoms with Gasteiger partial charge in [-0.3, -0.25) is 4.79 Å². The van der Waals surface area contributed by atoms with Crippen LogP contribution in [0.2, 0.25) is 0 Å². The molecule has 1 N–H and O–H groups in total. The zero-order valence-corrected chi connectivity index (χ0v) is 13.7. The Balaban J connectivity index is 1.51. The molecular formula is C18H18N2O2S. The molecule has 0 fully saturated rings. The first-order valence-electron chi connectivity index (χ1n) is 7.49. The summed E-state index contributed by atoms with van der Waals surface area (Å²) in [6.45, 7) is 0.618. The molecule has 23 heavy (non-hydrogen) atoms. The number of benzene rings is 2. The molecule has 5 heteroatoms. The number of carbonyl (C=O) groups is 1. The van der Waals surface area contributed by atoms with Gasteiger partial charge in [0, 0.05) is 16.8 Å². The van der Waals surface area contributed by atoms with Crippen molar-refractivity contribution in [1.29, 1.82) is 0 Å². The minimum Gasteiger partial charge on any atom is -0.356 e. The lowest BCUT2D eigenvalue weighted by molar-refractivity contribution is -0.120. The SMILES string of the molecule is CSc1ccc(CCNC(=O)Cc2noc3ccccc23)cc1. The second kappa shape index (κ2) is 7.33. The van der Waals surface area contributed by atoms with Crippen LogP contribution in [0.25, 0.3) is 11.0 Å². The fourth-order valence-corrected chi connectivity index (χ4v) is 2.83. The van der Waals surface area contributed by atoms with E-state index in [0.717, 1.165) is 11.8 Å². The van der Waals surface area contributed by atoms with Gasteiger partial charge >= 0.3 is 0 Å². The third-order valence-electron chi connectivity index (χ3n) is 3.68. The van der Waals surface area contributed by atoms with Crippen molar-refractivity contribution in [1.82, 2.24) is 10.5 Å². The van der Waals surface area contributed by atoms with E-state index in [2.05, 4.69) is 41.0 Å². The summed E-state index contributed by atoms with van der Waals surface area (Å²) >= 11 is 1.72. The predicted molar refractivity (Wildman–Crippen MR) is 92.6 cm³/mol. The molecule has 0 aliphatic heterocycles. The maximum Gasteiger partial charge on any atom is 0.226 e. The number of carbonyl (C=O) groups excluding carboxylic acids is 1. The zero-order chi connectivity index (χ0) is 16.1. The Morgan fingerprint density at radius 3 is 2.74 bits per heavy atom. The fourth-order valence-electron chi connectivity index (χ4n) is 2.42. The molecule has 0 spiro atoms. The van der Waals surface area contributed by atoms with Gasteiger partial charge in [-0.2, -0.15) is 0 Å². The third kappa shape index (κ3) is 3.93. The summed E-state index contributed by atoms with van der Waals surface area (Å²) < 4.78 is 5.21. The summed E-state index contributed by atoms with van der Waals surface area (Å²) in [4.78, 5) is 13.3. The smallest absolute Gasteiger partial charge is 0.226 e. The minimum atomic E-state index is -0.0372. The van der Waals surface area contributed by atoms with Crippen molar-refractivity contribution in [3.63, 3.8) is 0 Å². The van der Waals surface area contributed by atoms with E-state index in [9.17, 15) is 4.79 Å². The lowest BCUT2D eigenvalue weighted by Crippen LogP contribution is -2.27. The van der Waals surface area contributed by atoms with Crippen LogP contribution in [0.5, 0.6) is 0 Å². The van der Waals surface area contributed by atoms with Crippen LogP contribution in [0.3, 0.4) is 0 Å². The average molecular weight is 326 g/mol. The van der Waals surface area contributed by atoms with Crippen LogP contribution in [0, 0.1) is 0 Å². The van der Waals surface area contributed by atoms with Gasteiger partial charge in [-0.1, -0.05) is 29.4 Å². The molecule has 1 heterocycles. The van der Waals surface area contributed by atoms with Crippen molar-refractivity contribution in [2.75, 3.05) is 12.8 Å². The van der Waals surface area contributed by atoms with E-state index in [1.807, 2.05) is 24.3 Å². The number of para-hydroxylation sites is 1. The molecule has 0 aliphatic rings.